The van der Waals surface area contributed by atoms with Gasteiger partial charge in [0.05, 0.1) is 13.2 Å². The molecule has 0 amide bonds. The maximum Gasteiger partial charge on any atom is 2.00 e. The molecule has 6 heteroatoms. The summed E-state index contributed by atoms with van der Waals surface area (Å²) in [7, 11) is -3.82. The maximum absolute atomic E-state index is 11.6. The first-order chi connectivity index (χ1) is 10.1. The fourth-order valence-electron chi connectivity index (χ4n) is 2.16. The molecule has 0 aliphatic rings. The topological polar surface area (TPSA) is 55.8 Å². The molecular weight excluding hydrogens is 424 g/mol. The Morgan fingerprint density at radius 1 is 0.727 bits per heavy atom. The van der Waals surface area contributed by atoms with E-state index in [2.05, 4.69) is 13.8 Å². The molecule has 0 aliphatic carbocycles. The fraction of sp³-hybridized carbons (Fsp3) is 1.00. The van der Waals surface area contributed by atoms with Crippen LogP contribution in [0.25, 0.3) is 0 Å². The second kappa shape index (κ2) is 19.0. The van der Waals surface area contributed by atoms with E-state index in [-0.39, 0.29) is 51.7 Å². The summed E-state index contributed by atoms with van der Waals surface area (Å²) in [4.78, 5) is 9.51. The number of phosphoric acid groups is 1. The molecular formula is C16H37BaO4P. The van der Waals surface area contributed by atoms with Crippen LogP contribution in [0.15, 0.2) is 0 Å². The van der Waals surface area contributed by atoms with E-state index >= 15 is 0 Å². The van der Waals surface area contributed by atoms with Crippen molar-refractivity contribution in [2.24, 2.45) is 0 Å². The van der Waals surface area contributed by atoms with Gasteiger partial charge in [0.15, 0.2) is 0 Å². The molecule has 0 saturated carbocycles. The first-order valence-corrected chi connectivity index (χ1v) is 10.2. The van der Waals surface area contributed by atoms with Gasteiger partial charge in [-0.05, 0) is 12.8 Å². The molecule has 0 spiro atoms. The van der Waals surface area contributed by atoms with Crippen molar-refractivity contribution in [2.75, 3.05) is 13.2 Å². The minimum absolute atomic E-state index is 0. The van der Waals surface area contributed by atoms with E-state index in [0.717, 1.165) is 25.7 Å². The fourth-order valence-corrected chi connectivity index (χ4v) is 2.96. The van der Waals surface area contributed by atoms with Gasteiger partial charge in [-0.3, -0.25) is 9.05 Å². The Labute approximate surface area is 180 Å². The third kappa shape index (κ3) is 19.7. The molecule has 22 heavy (non-hydrogen) atoms. The van der Waals surface area contributed by atoms with Crippen LogP contribution in [0.2, 0.25) is 0 Å². The molecule has 0 unspecified atom stereocenters. The molecule has 0 aliphatic heterocycles. The molecule has 0 rings (SSSR count). The summed E-state index contributed by atoms with van der Waals surface area (Å²) in [6, 6.07) is 0. The quantitative estimate of drug-likeness (QED) is 0.182. The van der Waals surface area contributed by atoms with Gasteiger partial charge in [0.1, 0.15) is 0 Å². The Morgan fingerprint density at radius 3 is 1.41 bits per heavy atom. The van der Waals surface area contributed by atoms with Crippen molar-refractivity contribution < 1.29 is 21.4 Å². The number of hydrogen-bond donors (Lipinski definition) is 1. The summed E-state index contributed by atoms with van der Waals surface area (Å²) in [5.74, 6) is 0. The van der Waals surface area contributed by atoms with E-state index in [9.17, 15) is 9.46 Å². The van der Waals surface area contributed by atoms with Crippen LogP contribution >= 0.6 is 7.82 Å². The van der Waals surface area contributed by atoms with Crippen molar-refractivity contribution >= 4 is 56.7 Å². The van der Waals surface area contributed by atoms with Gasteiger partial charge in [0.25, 0.3) is 0 Å². The van der Waals surface area contributed by atoms with Gasteiger partial charge in [0, 0.05) is 0 Å². The van der Waals surface area contributed by atoms with Gasteiger partial charge in [-0.25, -0.2) is 4.57 Å². The molecule has 0 bridgehead atoms. The van der Waals surface area contributed by atoms with Crippen LogP contribution in [0.4, 0.5) is 0 Å². The second-order valence-corrected chi connectivity index (χ2v) is 7.12. The van der Waals surface area contributed by atoms with Crippen LogP contribution in [0.1, 0.15) is 93.8 Å². The summed E-state index contributed by atoms with van der Waals surface area (Å²) >= 11 is 0. The van der Waals surface area contributed by atoms with E-state index in [1.54, 1.807) is 0 Å². The Bertz CT molecular complexity index is 252. The molecule has 0 heterocycles. The average Bonchev–Trinajstić information content (AvgIpc) is 2.45. The Balaban J connectivity index is -0.000000667. The normalized spacial score (nSPS) is 11.4. The van der Waals surface area contributed by atoms with Gasteiger partial charge >= 0.3 is 56.7 Å². The molecule has 0 fully saturated rings. The van der Waals surface area contributed by atoms with Gasteiger partial charge in [0.2, 0.25) is 0 Å². The zero-order chi connectivity index (χ0) is 15.8. The molecule has 0 radical (unpaired) electrons. The van der Waals surface area contributed by atoms with Gasteiger partial charge < -0.3 is 7.75 Å². The summed E-state index contributed by atoms with van der Waals surface area (Å²) in [5.41, 5.74) is 0. The van der Waals surface area contributed by atoms with Gasteiger partial charge in [-0.15, -0.1) is 0 Å². The van der Waals surface area contributed by atoms with Gasteiger partial charge in [-0.1, -0.05) is 78.1 Å². The first-order valence-electron chi connectivity index (χ1n) is 8.74. The summed E-state index contributed by atoms with van der Waals surface area (Å²) in [5, 5.41) is 0. The minimum Gasteiger partial charge on any atom is -1.00 e. The molecule has 0 aromatic carbocycles. The van der Waals surface area contributed by atoms with Crippen molar-refractivity contribution in [2.45, 2.75) is 90.9 Å². The zero-order valence-corrected chi connectivity index (χ0v) is 20.1. The van der Waals surface area contributed by atoms with E-state index < -0.39 is 7.82 Å². The van der Waals surface area contributed by atoms with Crippen molar-refractivity contribution in [3.05, 3.63) is 0 Å². The maximum atomic E-state index is 11.6. The van der Waals surface area contributed by atoms with E-state index in [1.807, 2.05) is 0 Å². The van der Waals surface area contributed by atoms with Crippen LogP contribution in [0, 0.1) is 0 Å². The van der Waals surface area contributed by atoms with E-state index in [1.165, 1.54) is 51.4 Å². The van der Waals surface area contributed by atoms with Crippen molar-refractivity contribution in [3.63, 3.8) is 0 Å². The minimum atomic E-state index is -3.82. The molecule has 132 valence electrons. The number of hydrogen-bond acceptors (Lipinski definition) is 3. The first kappa shape index (κ1) is 25.9. The monoisotopic (exact) mass is 462 g/mol. The van der Waals surface area contributed by atoms with Crippen molar-refractivity contribution in [1.29, 1.82) is 0 Å². The Kier molecular flexibility index (Phi) is 22.4. The zero-order valence-electron chi connectivity index (χ0n) is 16.7. The SMILES string of the molecule is CCCCCCCCOP(=O)(O)OCCCCCCCC.[Ba+2].[H-].[H-]. The summed E-state index contributed by atoms with van der Waals surface area (Å²) in [6.07, 6.45) is 13.6. The predicted molar refractivity (Wildman–Crippen MR) is 96.5 cm³/mol. The average molecular weight is 462 g/mol. The summed E-state index contributed by atoms with van der Waals surface area (Å²) in [6.45, 7) is 5.01. The standard InChI is InChI=1S/C16H35O4P.Ba.2H/c1-3-5-7-9-11-13-15-19-21(17,18)20-16-14-12-10-8-6-4-2;;;/h3-16H2,1-2H3,(H,17,18);;;/q;+2;2*-1. The summed E-state index contributed by atoms with van der Waals surface area (Å²) < 4.78 is 21.5. The predicted octanol–water partition coefficient (Wildman–Crippen LogP) is 5.69. The second-order valence-electron chi connectivity index (χ2n) is 5.67. The number of phosphoric ester groups is 1. The van der Waals surface area contributed by atoms with Crippen LogP contribution in [0.3, 0.4) is 0 Å². The number of unbranched alkanes of at least 4 members (excludes halogenated alkanes) is 10. The van der Waals surface area contributed by atoms with Crippen molar-refractivity contribution in [3.8, 4) is 0 Å². The van der Waals surface area contributed by atoms with E-state index in [0.29, 0.717) is 13.2 Å². The molecule has 0 aromatic rings. The number of rotatable bonds is 16. The molecule has 4 nitrogen and oxygen atoms in total. The van der Waals surface area contributed by atoms with Gasteiger partial charge in [-0.2, -0.15) is 0 Å². The Hall–Kier alpha value is 1.68. The van der Waals surface area contributed by atoms with Crippen molar-refractivity contribution in [1.82, 2.24) is 0 Å². The molecule has 0 saturated heterocycles. The van der Waals surface area contributed by atoms with E-state index in [4.69, 9.17) is 9.05 Å². The van der Waals surface area contributed by atoms with Crippen LogP contribution in [-0.2, 0) is 13.6 Å². The van der Waals surface area contributed by atoms with Crippen LogP contribution < -0.4 is 0 Å². The van der Waals surface area contributed by atoms with Crippen LogP contribution in [-0.4, -0.2) is 67.0 Å². The third-order valence-corrected chi connectivity index (χ3v) is 4.52. The third-order valence-electron chi connectivity index (χ3n) is 3.50. The smallest absolute Gasteiger partial charge is 1.00 e. The molecule has 0 aromatic heterocycles. The molecule has 0 atom stereocenters. The molecule has 1 N–H and O–H groups in total. The Morgan fingerprint density at radius 2 is 1.05 bits per heavy atom. The largest absolute Gasteiger partial charge is 2.00 e. The van der Waals surface area contributed by atoms with Crippen LogP contribution in [0.5, 0.6) is 0 Å².